The molecular weight excluding hydrogens is 438 g/mol. The van der Waals surface area contributed by atoms with Crippen LogP contribution in [0.15, 0.2) is 53.4 Å². The first kappa shape index (κ1) is 23.4. The minimum Gasteiger partial charge on any atom is -0.449 e. The number of nitro groups is 1. The van der Waals surface area contributed by atoms with Crippen LogP contribution >= 0.6 is 0 Å². The summed E-state index contributed by atoms with van der Waals surface area (Å²) < 4.78 is 32.0. The van der Waals surface area contributed by atoms with E-state index in [2.05, 4.69) is 0 Å². The number of rotatable bonds is 6. The number of amides is 1. The third-order valence-electron chi connectivity index (χ3n) is 5.21. The van der Waals surface area contributed by atoms with Crippen molar-refractivity contribution < 1.29 is 27.7 Å². The first-order chi connectivity index (χ1) is 15.1. The number of nitro benzene ring substituents is 1. The minimum atomic E-state index is -3.66. The van der Waals surface area contributed by atoms with Crippen LogP contribution in [0.4, 0.5) is 5.69 Å². The van der Waals surface area contributed by atoms with Crippen molar-refractivity contribution in [2.75, 3.05) is 26.2 Å². The van der Waals surface area contributed by atoms with E-state index in [1.165, 1.54) is 40.4 Å². The number of nitrogens with zero attached hydrogens (tertiary/aromatic N) is 3. The molecule has 3 rings (SSSR count). The van der Waals surface area contributed by atoms with Crippen LogP contribution in [0.25, 0.3) is 0 Å². The van der Waals surface area contributed by atoms with E-state index in [1.807, 2.05) is 0 Å². The number of hydrogen-bond acceptors (Lipinski definition) is 7. The van der Waals surface area contributed by atoms with Crippen LogP contribution < -0.4 is 0 Å². The molecule has 0 aromatic heterocycles. The summed E-state index contributed by atoms with van der Waals surface area (Å²) in [4.78, 5) is 37.4. The number of carbonyl (C=O) groups is 2. The Morgan fingerprint density at radius 1 is 1.03 bits per heavy atom. The van der Waals surface area contributed by atoms with E-state index in [1.54, 1.807) is 31.2 Å². The zero-order chi connectivity index (χ0) is 23.5. The van der Waals surface area contributed by atoms with Gasteiger partial charge in [0.05, 0.1) is 9.82 Å². The average molecular weight is 461 g/mol. The highest BCUT2D eigenvalue weighted by Gasteiger charge is 2.33. The van der Waals surface area contributed by atoms with E-state index in [0.29, 0.717) is 5.56 Å². The predicted octanol–water partition coefficient (Wildman–Crippen LogP) is 1.98. The van der Waals surface area contributed by atoms with E-state index >= 15 is 0 Å². The molecule has 10 nitrogen and oxygen atoms in total. The zero-order valence-electron chi connectivity index (χ0n) is 17.6. The van der Waals surface area contributed by atoms with Crippen molar-refractivity contribution in [2.45, 2.75) is 24.8 Å². The van der Waals surface area contributed by atoms with Crippen LogP contribution in [0.2, 0.25) is 0 Å². The third kappa shape index (κ3) is 4.78. The Morgan fingerprint density at radius 3 is 2.25 bits per heavy atom. The Morgan fingerprint density at radius 2 is 1.66 bits per heavy atom. The molecule has 0 aliphatic carbocycles. The van der Waals surface area contributed by atoms with Crippen molar-refractivity contribution in [1.29, 1.82) is 0 Å². The van der Waals surface area contributed by atoms with E-state index in [0.717, 1.165) is 0 Å². The highest BCUT2D eigenvalue weighted by atomic mass is 32.2. The van der Waals surface area contributed by atoms with Gasteiger partial charge in [-0.3, -0.25) is 14.9 Å². The standard InChI is InChI=1S/C21H23N3O7S/c1-15-7-6-10-18(24(27)28)19(15)21(26)31-16(2)20(25)22-11-13-23(14-12-22)32(29,30)17-8-4-3-5-9-17/h3-10,16H,11-14H2,1-2H3/t16-/m1/s1. The van der Waals surface area contributed by atoms with Gasteiger partial charge in [-0.2, -0.15) is 4.31 Å². The monoisotopic (exact) mass is 461 g/mol. The van der Waals surface area contributed by atoms with Crippen molar-refractivity contribution in [3.63, 3.8) is 0 Å². The molecule has 1 fully saturated rings. The van der Waals surface area contributed by atoms with Gasteiger partial charge < -0.3 is 9.64 Å². The highest BCUT2D eigenvalue weighted by Crippen LogP contribution is 2.24. The summed E-state index contributed by atoms with van der Waals surface area (Å²) >= 11 is 0. The molecule has 0 unspecified atom stereocenters. The lowest BCUT2D eigenvalue weighted by atomic mass is 10.1. The molecule has 0 bridgehead atoms. The first-order valence-electron chi connectivity index (χ1n) is 9.92. The van der Waals surface area contributed by atoms with Gasteiger partial charge in [-0.05, 0) is 31.5 Å². The van der Waals surface area contributed by atoms with Crippen LogP contribution in [-0.2, 0) is 19.6 Å². The molecule has 1 heterocycles. The molecule has 1 aliphatic rings. The molecule has 11 heteroatoms. The molecule has 0 spiro atoms. The normalized spacial score (nSPS) is 15.8. The third-order valence-corrected chi connectivity index (χ3v) is 7.13. The van der Waals surface area contributed by atoms with Gasteiger partial charge in [-0.25, -0.2) is 13.2 Å². The van der Waals surface area contributed by atoms with Crippen molar-refractivity contribution >= 4 is 27.6 Å². The summed E-state index contributed by atoms with van der Waals surface area (Å²) in [7, 11) is -3.66. The molecular formula is C21H23N3O7S. The molecule has 1 amide bonds. The molecule has 2 aromatic carbocycles. The Labute approximate surface area is 185 Å². The zero-order valence-corrected chi connectivity index (χ0v) is 18.4. The molecule has 0 saturated carbocycles. The minimum absolute atomic E-state index is 0.104. The van der Waals surface area contributed by atoms with E-state index in [4.69, 9.17) is 4.74 Å². The fraction of sp³-hybridized carbons (Fsp3) is 0.333. The quantitative estimate of drug-likeness (QED) is 0.366. The lowest BCUT2D eigenvalue weighted by Crippen LogP contribution is -2.52. The highest BCUT2D eigenvalue weighted by molar-refractivity contribution is 7.89. The van der Waals surface area contributed by atoms with Gasteiger partial charge in [-0.15, -0.1) is 0 Å². The summed E-state index contributed by atoms with van der Waals surface area (Å²) in [6.45, 7) is 3.41. The number of piperazine rings is 1. The number of sulfonamides is 1. The maximum atomic E-state index is 12.7. The van der Waals surface area contributed by atoms with Gasteiger partial charge in [0.15, 0.2) is 6.10 Å². The largest absolute Gasteiger partial charge is 0.449 e. The lowest BCUT2D eigenvalue weighted by Gasteiger charge is -2.35. The summed E-state index contributed by atoms with van der Waals surface area (Å²) in [5.41, 5.74) is -0.228. The summed E-state index contributed by atoms with van der Waals surface area (Å²) in [6.07, 6.45) is -1.18. The molecule has 2 aromatic rings. The predicted molar refractivity (Wildman–Crippen MR) is 114 cm³/mol. The first-order valence-corrected chi connectivity index (χ1v) is 11.4. The van der Waals surface area contributed by atoms with Gasteiger partial charge in [0.1, 0.15) is 5.56 Å². The molecule has 0 N–H and O–H groups in total. The fourth-order valence-electron chi connectivity index (χ4n) is 3.49. The van der Waals surface area contributed by atoms with Crippen molar-refractivity contribution in [2.24, 2.45) is 0 Å². The Hall–Kier alpha value is -3.31. The number of hydrogen-bond donors (Lipinski definition) is 0. The smallest absolute Gasteiger partial charge is 0.346 e. The summed E-state index contributed by atoms with van der Waals surface area (Å²) in [5, 5.41) is 11.2. The maximum Gasteiger partial charge on any atom is 0.346 e. The van der Waals surface area contributed by atoms with Crippen LogP contribution in [0, 0.1) is 17.0 Å². The Balaban J connectivity index is 1.64. The number of benzene rings is 2. The number of ether oxygens (including phenoxy) is 1. The Kier molecular flexibility index (Phi) is 6.90. The van der Waals surface area contributed by atoms with Crippen LogP contribution in [0.1, 0.15) is 22.8 Å². The van der Waals surface area contributed by atoms with Crippen molar-refractivity contribution in [3.05, 3.63) is 69.8 Å². The van der Waals surface area contributed by atoms with Gasteiger partial charge in [0.2, 0.25) is 10.0 Å². The van der Waals surface area contributed by atoms with Crippen LogP contribution in [0.3, 0.4) is 0 Å². The fourth-order valence-corrected chi connectivity index (χ4v) is 4.93. The molecule has 32 heavy (non-hydrogen) atoms. The lowest BCUT2D eigenvalue weighted by molar-refractivity contribution is -0.385. The second-order valence-corrected chi connectivity index (χ2v) is 9.25. The second kappa shape index (κ2) is 9.45. The van der Waals surface area contributed by atoms with E-state index < -0.39 is 38.6 Å². The molecule has 170 valence electrons. The number of aryl methyl sites for hydroxylation is 1. The van der Waals surface area contributed by atoms with Crippen LogP contribution in [-0.4, -0.2) is 66.7 Å². The van der Waals surface area contributed by atoms with E-state index in [9.17, 15) is 28.1 Å². The number of esters is 1. The molecule has 1 aliphatic heterocycles. The number of carbonyl (C=O) groups excluding carboxylic acids is 2. The molecule has 0 radical (unpaired) electrons. The van der Waals surface area contributed by atoms with Crippen molar-refractivity contribution in [3.8, 4) is 0 Å². The summed E-state index contributed by atoms with van der Waals surface area (Å²) in [6, 6.07) is 12.2. The van der Waals surface area contributed by atoms with Crippen molar-refractivity contribution in [1.82, 2.24) is 9.21 Å². The Bertz CT molecular complexity index is 1130. The van der Waals surface area contributed by atoms with E-state index in [-0.39, 0.29) is 36.6 Å². The summed E-state index contributed by atoms with van der Waals surface area (Å²) in [5.74, 6) is -1.45. The van der Waals surface area contributed by atoms with Gasteiger partial charge in [-0.1, -0.05) is 30.3 Å². The SMILES string of the molecule is Cc1cccc([N+](=O)[O-])c1C(=O)O[C@H](C)C(=O)N1CCN(S(=O)(=O)c2ccccc2)CC1. The van der Waals surface area contributed by atoms with Gasteiger partial charge in [0, 0.05) is 32.2 Å². The topological polar surface area (TPSA) is 127 Å². The molecule has 1 saturated heterocycles. The molecule has 1 atom stereocenters. The average Bonchev–Trinajstić information content (AvgIpc) is 2.78. The van der Waals surface area contributed by atoms with Crippen LogP contribution in [0.5, 0.6) is 0 Å². The van der Waals surface area contributed by atoms with Gasteiger partial charge >= 0.3 is 5.97 Å². The van der Waals surface area contributed by atoms with Gasteiger partial charge in [0.25, 0.3) is 11.6 Å². The second-order valence-electron chi connectivity index (χ2n) is 7.32. The maximum absolute atomic E-state index is 12.7.